The summed E-state index contributed by atoms with van der Waals surface area (Å²) in [5, 5.41) is 7.39. The first kappa shape index (κ1) is 27.7. The van der Waals surface area contributed by atoms with Gasteiger partial charge in [-0.3, -0.25) is 0 Å². The molecule has 0 fully saturated rings. The fraction of sp³-hybridized carbons (Fsp3) is 0.286. The van der Waals surface area contributed by atoms with E-state index in [4.69, 9.17) is 11.1 Å². The van der Waals surface area contributed by atoms with E-state index in [0.29, 0.717) is 11.3 Å². The highest BCUT2D eigenvalue weighted by Crippen LogP contribution is 2.49. The summed E-state index contributed by atoms with van der Waals surface area (Å²) in [5.74, 6) is -0.452. The molecule has 1 aromatic heterocycles. The number of aliphatic imine (C=N–C) groups is 1. The van der Waals surface area contributed by atoms with Crippen molar-refractivity contribution in [1.29, 1.82) is 5.41 Å². The number of nitrogens with one attached hydrogen (secondary N) is 1. The van der Waals surface area contributed by atoms with Crippen LogP contribution in [0.25, 0.3) is 10.4 Å². The van der Waals surface area contributed by atoms with Crippen molar-refractivity contribution in [2.75, 3.05) is 0 Å². The zero-order valence-corrected chi connectivity index (χ0v) is 22.2. The van der Waals surface area contributed by atoms with E-state index in [9.17, 15) is 13.2 Å². The lowest BCUT2D eigenvalue weighted by Crippen LogP contribution is -2.25. The number of rotatable bonds is 9. The molecule has 2 aromatic carbocycles. The highest BCUT2D eigenvalue weighted by Gasteiger charge is 2.38. The minimum absolute atomic E-state index is 0.157. The molecule has 3 aromatic rings. The highest BCUT2D eigenvalue weighted by molar-refractivity contribution is 8.24. The van der Waals surface area contributed by atoms with Crippen molar-refractivity contribution in [2.45, 2.75) is 45.7 Å². The quantitative estimate of drug-likeness (QED) is 0.215. The van der Waals surface area contributed by atoms with Crippen LogP contribution < -0.4 is 5.73 Å². The zero-order chi connectivity index (χ0) is 26.5. The molecule has 1 unspecified atom stereocenters. The van der Waals surface area contributed by atoms with Gasteiger partial charge in [0.05, 0.1) is 11.1 Å². The first-order valence-corrected chi connectivity index (χ1v) is 13.2. The SMILES string of the molecule is C=C(N=C(N)SC=N)C(C)(C)C(c1cccc(C(F)(F)F)c1)c1ccc(-c2ccc(CCC)cc2)s1. The lowest BCUT2D eigenvalue weighted by molar-refractivity contribution is -0.137. The number of thiophene rings is 1. The van der Waals surface area contributed by atoms with Crippen molar-refractivity contribution in [3.8, 4) is 10.4 Å². The fourth-order valence-electron chi connectivity index (χ4n) is 4.15. The van der Waals surface area contributed by atoms with Crippen LogP contribution in [0.2, 0.25) is 0 Å². The molecule has 0 aliphatic rings. The predicted octanol–water partition coefficient (Wildman–Crippen LogP) is 8.71. The van der Waals surface area contributed by atoms with Crippen LogP contribution in [0.5, 0.6) is 0 Å². The predicted molar refractivity (Wildman–Crippen MR) is 148 cm³/mol. The maximum atomic E-state index is 13.6. The van der Waals surface area contributed by atoms with Gasteiger partial charge in [0.25, 0.3) is 0 Å². The molecular formula is C28H30F3N3S2. The van der Waals surface area contributed by atoms with Crippen LogP contribution in [-0.4, -0.2) is 10.7 Å². The number of allylic oxidation sites excluding steroid dienone is 1. The number of nitrogens with zero attached hydrogens (tertiary/aromatic N) is 1. The van der Waals surface area contributed by atoms with Gasteiger partial charge >= 0.3 is 6.18 Å². The topological polar surface area (TPSA) is 62.2 Å². The molecule has 3 rings (SSSR count). The van der Waals surface area contributed by atoms with Gasteiger partial charge in [0.15, 0.2) is 5.17 Å². The molecule has 3 nitrogen and oxygen atoms in total. The summed E-state index contributed by atoms with van der Waals surface area (Å²) in [7, 11) is 0. The van der Waals surface area contributed by atoms with E-state index in [-0.39, 0.29) is 5.17 Å². The van der Waals surface area contributed by atoms with Gasteiger partial charge in [-0.25, -0.2) is 4.99 Å². The summed E-state index contributed by atoms with van der Waals surface area (Å²) in [6.07, 6.45) is -2.36. The van der Waals surface area contributed by atoms with E-state index in [0.717, 1.165) is 51.5 Å². The lowest BCUT2D eigenvalue weighted by atomic mass is 9.72. The van der Waals surface area contributed by atoms with Crippen molar-refractivity contribution in [2.24, 2.45) is 16.1 Å². The summed E-state index contributed by atoms with van der Waals surface area (Å²) in [5.41, 5.74) is 8.80. The Bertz CT molecular complexity index is 1240. The van der Waals surface area contributed by atoms with Gasteiger partial charge in [0, 0.05) is 26.8 Å². The summed E-state index contributed by atoms with van der Waals surface area (Å²) in [6.45, 7) is 10.1. The summed E-state index contributed by atoms with van der Waals surface area (Å²) in [6, 6.07) is 17.8. The Morgan fingerprint density at radius 2 is 1.83 bits per heavy atom. The van der Waals surface area contributed by atoms with E-state index in [2.05, 4.69) is 42.8 Å². The number of halogens is 3. The number of amidine groups is 1. The summed E-state index contributed by atoms with van der Waals surface area (Å²) >= 11 is 2.50. The van der Waals surface area contributed by atoms with Gasteiger partial charge in [-0.1, -0.05) is 76.2 Å². The van der Waals surface area contributed by atoms with E-state index < -0.39 is 23.1 Å². The number of aryl methyl sites for hydroxylation is 1. The number of hydrogen-bond donors (Lipinski definition) is 2. The molecular weight excluding hydrogens is 499 g/mol. The Morgan fingerprint density at radius 1 is 1.14 bits per heavy atom. The van der Waals surface area contributed by atoms with E-state index in [1.807, 2.05) is 26.0 Å². The summed E-state index contributed by atoms with van der Waals surface area (Å²) < 4.78 is 40.7. The van der Waals surface area contributed by atoms with Crippen molar-refractivity contribution < 1.29 is 13.2 Å². The molecule has 0 amide bonds. The smallest absolute Gasteiger partial charge is 0.378 e. The van der Waals surface area contributed by atoms with Crippen LogP contribution in [-0.2, 0) is 12.6 Å². The second-order valence-corrected chi connectivity index (χ2v) is 11.1. The van der Waals surface area contributed by atoms with Crippen molar-refractivity contribution >= 4 is 33.8 Å². The second kappa shape index (κ2) is 11.5. The third-order valence-corrected chi connectivity index (χ3v) is 7.78. The van der Waals surface area contributed by atoms with Gasteiger partial charge in [-0.2, -0.15) is 13.2 Å². The van der Waals surface area contributed by atoms with Crippen LogP contribution in [0.15, 0.2) is 77.9 Å². The van der Waals surface area contributed by atoms with Gasteiger partial charge in [-0.15, -0.1) is 11.3 Å². The largest absolute Gasteiger partial charge is 0.416 e. The molecule has 0 saturated heterocycles. The number of benzene rings is 2. The molecule has 1 heterocycles. The second-order valence-electron chi connectivity index (χ2n) is 9.06. The Morgan fingerprint density at radius 3 is 2.44 bits per heavy atom. The molecule has 8 heteroatoms. The Hall–Kier alpha value is -2.84. The molecule has 0 spiro atoms. The number of alkyl halides is 3. The van der Waals surface area contributed by atoms with Crippen LogP contribution in [0, 0.1) is 10.8 Å². The number of thioether (sulfide) groups is 1. The molecule has 36 heavy (non-hydrogen) atoms. The highest BCUT2D eigenvalue weighted by atomic mass is 32.2. The minimum atomic E-state index is -4.45. The number of nitrogens with two attached hydrogens (primary N) is 1. The van der Waals surface area contributed by atoms with Crippen LogP contribution in [0.1, 0.15) is 54.7 Å². The molecule has 1 atom stereocenters. The average molecular weight is 530 g/mol. The Labute approximate surface area is 218 Å². The minimum Gasteiger partial charge on any atom is -0.378 e. The van der Waals surface area contributed by atoms with Gasteiger partial charge in [0.2, 0.25) is 0 Å². The maximum Gasteiger partial charge on any atom is 0.416 e. The molecule has 0 aliphatic carbocycles. The monoisotopic (exact) mass is 529 g/mol. The fourth-order valence-corrected chi connectivity index (χ4v) is 5.76. The molecule has 0 aliphatic heterocycles. The molecule has 0 saturated carbocycles. The van der Waals surface area contributed by atoms with E-state index in [1.165, 1.54) is 17.7 Å². The van der Waals surface area contributed by atoms with Crippen molar-refractivity contribution in [3.05, 3.63) is 94.5 Å². The van der Waals surface area contributed by atoms with Crippen molar-refractivity contribution in [1.82, 2.24) is 0 Å². The molecule has 3 N–H and O–H groups in total. The normalized spacial score (nSPS) is 13.4. The first-order chi connectivity index (χ1) is 17.0. The average Bonchev–Trinajstić information content (AvgIpc) is 3.29. The van der Waals surface area contributed by atoms with E-state index in [1.54, 1.807) is 17.4 Å². The Balaban J connectivity index is 2.10. The van der Waals surface area contributed by atoms with Gasteiger partial charge < -0.3 is 11.1 Å². The van der Waals surface area contributed by atoms with Crippen molar-refractivity contribution in [3.63, 3.8) is 0 Å². The molecule has 0 bridgehead atoms. The molecule has 190 valence electrons. The van der Waals surface area contributed by atoms with Crippen LogP contribution in [0.3, 0.4) is 0 Å². The third kappa shape index (κ3) is 6.48. The summed E-state index contributed by atoms with van der Waals surface area (Å²) in [4.78, 5) is 6.31. The molecule has 0 radical (unpaired) electrons. The van der Waals surface area contributed by atoms with Gasteiger partial charge in [-0.05, 0) is 53.1 Å². The first-order valence-electron chi connectivity index (χ1n) is 11.5. The van der Waals surface area contributed by atoms with Crippen LogP contribution >= 0.6 is 23.1 Å². The maximum absolute atomic E-state index is 13.6. The Kier molecular flexibility index (Phi) is 8.84. The van der Waals surface area contributed by atoms with Crippen LogP contribution in [0.4, 0.5) is 13.2 Å². The van der Waals surface area contributed by atoms with E-state index >= 15 is 0 Å². The zero-order valence-electron chi connectivity index (χ0n) is 20.5. The lowest BCUT2D eigenvalue weighted by Gasteiger charge is -2.35. The number of hydrogen-bond acceptors (Lipinski definition) is 4. The third-order valence-electron chi connectivity index (χ3n) is 6.13. The standard InChI is InChI=1S/C28H30F3N3S2/c1-5-7-19-10-12-20(13-11-19)23-14-15-24(36-23)25(21-8-6-9-22(16-21)28(29,30)31)27(3,4)18(2)34-26(33)35-17-32/h6,8-17,25,32H,2,5,7H2,1,3-4H3,(H2,33,34). The van der Waals surface area contributed by atoms with Gasteiger partial charge in [0.1, 0.15) is 0 Å².